The number of phenols is 6. The van der Waals surface area contributed by atoms with Crippen LogP contribution in [0.15, 0.2) is 142 Å². The molecular formula is C51H45N3O6. The maximum absolute atomic E-state index is 10.4. The number of aromatic hydroxyl groups is 6. The highest BCUT2D eigenvalue weighted by molar-refractivity contribution is 5.88. The minimum atomic E-state index is -0.232. The Balaban J connectivity index is 1.33. The summed E-state index contributed by atoms with van der Waals surface area (Å²) < 4.78 is 0. The van der Waals surface area contributed by atoms with Crippen molar-refractivity contribution in [2.75, 3.05) is 0 Å². The van der Waals surface area contributed by atoms with Crippen molar-refractivity contribution >= 4 is 35.7 Å². The van der Waals surface area contributed by atoms with Crippen molar-refractivity contribution in [2.24, 2.45) is 15.0 Å². The number of nitrogens with zero attached hydrogens (tertiary/aromatic N) is 3. The van der Waals surface area contributed by atoms with Gasteiger partial charge in [-0.05, 0) is 125 Å². The van der Waals surface area contributed by atoms with Gasteiger partial charge in [-0.15, -0.1) is 0 Å². The molecule has 0 amide bonds. The topological polar surface area (TPSA) is 158 Å². The largest absolute Gasteiger partial charge is 0.504 e. The molecule has 6 N–H and O–H groups in total. The smallest absolute Gasteiger partial charge is 0.166 e. The summed E-state index contributed by atoms with van der Waals surface area (Å²) in [7, 11) is 0. The fourth-order valence-corrected chi connectivity index (χ4v) is 7.49. The third-order valence-corrected chi connectivity index (χ3v) is 11.0. The van der Waals surface area contributed by atoms with Crippen molar-refractivity contribution in [2.45, 2.75) is 40.0 Å². The van der Waals surface area contributed by atoms with Crippen molar-refractivity contribution in [3.05, 3.63) is 194 Å². The molecule has 9 nitrogen and oxygen atoms in total. The second-order valence-electron chi connectivity index (χ2n) is 14.6. The molecule has 0 aromatic heterocycles. The van der Waals surface area contributed by atoms with Gasteiger partial charge >= 0.3 is 0 Å². The lowest BCUT2D eigenvalue weighted by Gasteiger charge is -2.24. The van der Waals surface area contributed by atoms with E-state index in [4.69, 9.17) is 15.0 Å². The van der Waals surface area contributed by atoms with Gasteiger partial charge in [0, 0.05) is 54.6 Å². The summed E-state index contributed by atoms with van der Waals surface area (Å²) >= 11 is 0. The van der Waals surface area contributed by atoms with Crippen LogP contribution in [0.25, 0.3) is 0 Å². The Hall–Kier alpha value is -7.65. The lowest BCUT2D eigenvalue weighted by atomic mass is 9.81. The van der Waals surface area contributed by atoms with Crippen LogP contribution in [0.2, 0.25) is 0 Å². The molecule has 60 heavy (non-hydrogen) atoms. The highest BCUT2D eigenvalue weighted by Crippen LogP contribution is 2.37. The highest BCUT2D eigenvalue weighted by Gasteiger charge is 2.21. The van der Waals surface area contributed by atoms with Crippen LogP contribution in [0.1, 0.15) is 66.8 Å². The maximum atomic E-state index is 10.4. The molecule has 7 rings (SSSR count). The van der Waals surface area contributed by atoms with E-state index >= 15 is 0 Å². The van der Waals surface area contributed by atoms with Gasteiger partial charge in [0.05, 0.1) is 17.1 Å². The van der Waals surface area contributed by atoms with Crippen LogP contribution in [0.4, 0.5) is 17.1 Å². The molecular weight excluding hydrogens is 751 g/mol. The average molecular weight is 796 g/mol. The summed E-state index contributed by atoms with van der Waals surface area (Å²) in [5, 5.41) is 61.6. The number of phenolic OH excluding ortho intramolecular Hbond substituents is 6. The molecule has 0 saturated heterocycles. The number of para-hydroxylation sites is 6. The monoisotopic (exact) mass is 795 g/mol. The summed E-state index contributed by atoms with van der Waals surface area (Å²) in [4.78, 5) is 14.3. The van der Waals surface area contributed by atoms with E-state index in [1.807, 2.05) is 54.6 Å². The minimum absolute atomic E-state index is 0.215. The Bertz CT molecular complexity index is 2480. The molecule has 0 atom stereocenters. The van der Waals surface area contributed by atoms with Crippen molar-refractivity contribution in [3.63, 3.8) is 0 Å². The zero-order chi connectivity index (χ0) is 42.3. The van der Waals surface area contributed by atoms with E-state index in [1.165, 1.54) is 18.2 Å². The fraction of sp³-hybridized carbons (Fsp3) is 0.118. The fourth-order valence-electron chi connectivity index (χ4n) is 7.49. The number of benzene rings is 7. The molecule has 7 aromatic carbocycles. The van der Waals surface area contributed by atoms with Crippen LogP contribution in [-0.2, 0) is 19.3 Å². The molecule has 0 spiro atoms. The summed E-state index contributed by atoms with van der Waals surface area (Å²) in [6.45, 7) is 6.46. The van der Waals surface area contributed by atoms with E-state index in [1.54, 1.807) is 55.0 Å². The van der Waals surface area contributed by atoms with Crippen LogP contribution in [0, 0.1) is 20.8 Å². The van der Waals surface area contributed by atoms with E-state index in [0.717, 1.165) is 67.1 Å². The van der Waals surface area contributed by atoms with E-state index < -0.39 is 0 Å². The van der Waals surface area contributed by atoms with Gasteiger partial charge in [0.1, 0.15) is 0 Å². The second-order valence-corrected chi connectivity index (χ2v) is 14.6. The molecule has 0 aliphatic carbocycles. The van der Waals surface area contributed by atoms with Gasteiger partial charge in [0.2, 0.25) is 0 Å². The Morgan fingerprint density at radius 2 is 0.617 bits per heavy atom. The third-order valence-electron chi connectivity index (χ3n) is 11.0. The summed E-state index contributed by atoms with van der Waals surface area (Å²) in [5.41, 5.74) is 13.2. The van der Waals surface area contributed by atoms with Gasteiger partial charge in [-0.2, -0.15) is 0 Å². The van der Waals surface area contributed by atoms with Crippen LogP contribution < -0.4 is 0 Å². The first-order valence-corrected chi connectivity index (χ1v) is 19.5. The van der Waals surface area contributed by atoms with Crippen LogP contribution in [0.3, 0.4) is 0 Å². The van der Waals surface area contributed by atoms with E-state index in [0.29, 0.717) is 36.0 Å². The summed E-state index contributed by atoms with van der Waals surface area (Å²) in [6.07, 6.45) is 6.35. The number of rotatable bonds is 12. The molecule has 9 heteroatoms. The second kappa shape index (κ2) is 17.9. The van der Waals surface area contributed by atoms with E-state index in [-0.39, 0.29) is 34.5 Å². The SMILES string of the molecule is Cc1c(Cc2ccccc2N=Cc2cccc(O)c2O)c(C)c(Cc2ccccc2N=Cc2cccc(O)c2O)c(C)c1Cc1ccccc1N=Cc1cccc(O)c1O. The van der Waals surface area contributed by atoms with Gasteiger partial charge < -0.3 is 30.6 Å². The first kappa shape index (κ1) is 40.5. The number of hydrogen-bond acceptors (Lipinski definition) is 9. The third kappa shape index (κ3) is 8.75. The molecule has 0 saturated carbocycles. The summed E-state index contributed by atoms with van der Waals surface area (Å²) in [6, 6.07) is 38.0. The Labute approximate surface area is 349 Å². The lowest BCUT2D eigenvalue weighted by Crippen LogP contribution is -2.10. The average Bonchev–Trinajstić information content (AvgIpc) is 3.25. The zero-order valence-electron chi connectivity index (χ0n) is 33.5. The van der Waals surface area contributed by atoms with Crippen molar-refractivity contribution in [1.29, 1.82) is 0 Å². The maximum Gasteiger partial charge on any atom is 0.166 e. The van der Waals surface area contributed by atoms with Crippen molar-refractivity contribution < 1.29 is 30.6 Å². The summed E-state index contributed by atoms with van der Waals surface area (Å²) in [5.74, 6) is -1.34. The molecule has 300 valence electrons. The van der Waals surface area contributed by atoms with Crippen molar-refractivity contribution in [1.82, 2.24) is 0 Å². The van der Waals surface area contributed by atoms with E-state index in [9.17, 15) is 30.6 Å². The molecule has 0 bridgehead atoms. The van der Waals surface area contributed by atoms with Gasteiger partial charge in [-0.1, -0.05) is 72.8 Å². The Morgan fingerprint density at radius 3 is 0.900 bits per heavy atom. The highest BCUT2D eigenvalue weighted by atomic mass is 16.3. The lowest BCUT2D eigenvalue weighted by molar-refractivity contribution is 0.403. The predicted octanol–water partition coefficient (Wildman–Crippen LogP) is 10.9. The molecule has 0 unspecified atom stereocenters. The number of hydrogen-bond donors (Lipinski definition) is 6. The van der Waals surface area contributed by atoms with Gasteiger partial charge in [-0.3, -0.25) is 15.0 Å². The predicted molar refractivity (Wildman–Crippen MR) is 239 cm³/mol. The van der Waals surface area contributed by atoms with Gasteiger partial charge in [-0.25, -0.2) is 0 Å². The molecule has 0 fully saturated rings. The molecule has 7 aromatic rings. The van der Waals surface area contributed by atoms with Gasteiger partial charge in [0.15, 0.2) is 34.5 Å². The van der Waals surface area contributed by atoms with Crippen LogP contribution in [-0.4, -0.2) is 49.3 Å². The Kier molecular flexibility index (Phi) is 12.1. The number of aliphatic imine (C=N–C) groups is 3. The minimum Gasteiger partial charge on any atom is -0.504 e. The normalized spacial score (nSPS) is 11.7. The van der Waals surface area contributed by atoms with Crippen molar-refractivity contribution in [3.8, 4) is 34.5 Å². The molecule has 0 heterocycles. The molecule has 0 aliphatic rings. The zero-order valence-corrected chi connectivity index (χ0v) is 33.5. The van der Waals surface area contributed by atoms with Crippen LogP contribution in [0.5, 0.6) is 34.5 Å². The van der Waals surface area contributed by atoms with E-state index in [2.05, 4.69) is 39.0 Å². The first-order chi connectivity index (χ1) is 29.0. The van der Waals surface area contributed by atoms with Gasteiger partial charge in [0.25, 0.3) is 0 Å². The quantitative estimate of drug-likeness (QED) is 0.0533. The molecule has 0 radical (unpaired) electrons. The first-order valence-electron chi connectivity index (χ1n) is 19.5. The van der Waals surface area contributed by atoms with Crippen LogP contribution >= 0.6 is 0 Å². The molecule has 0 aliphatic heterocycles. The standard InChI is InChI=1S/C51H45N3O6/c1-31-40(25-34-13-4-7-19-43(34)52-28-37-16-10-22-46(55)49(37)58)32(2)42(27-36-15-6-9-21-45(36)54-30-39-18-12-24-48(57)51(39)60)33(3)41(31)26-35-14-5-8-20-44(35)53-29-38-17-11-23-47(56)50(38)59/h4-24,28-30,55-60H,25-27H2,1-3H3. The Morgan fingerprint density at radius 1 is 0.350 bits per heavy atom.